The van der Waals surface area contributed by atoms with Gasteiger partial charge in [-0.3, -0.25) is 0 Å². The van der Waals surface area contributed by atoms with Gasteiger partial charge in [-0.25, -0.2) is 0 Å². The van der Waals surface area contributed by atoms with Crippen LogP contribution in [0.1, 0.15) is 38.7 Å². The SMILES string of the molecule is CCCCOc1cc(CC(N)CC)ccc1OC. The Morgan fingerprint density at radius 1 is 1.22 bits per heavy atom. The van der Waals surface area contributed by atoms with Crippen LogP contribution in [0.3, 0.4) is 0 Å². The fourth-order valence-corrected chi connectivity index (χ4v) is 1.73. The van der Waals surface area contributed by atoms with Gasteiger partial charge >= 0.3 is 0 Å². The van der Waals surface area contributed by atoms with E-state index in [2.05, 4.69) is 19.9 Å². The Morgan fingerprint density at radius 2 is 2.00 bits per heavy atom. The molecule has 3 nitrogen and oxygen atoms in total. The molecule has 18 heavy (non-hydrogen) atoms. The van der Waals surface area contributed by atoms with Gasteiger partial charge in [-0.2, -0.15) is 0 Å². The molecule has 0 aliphatic carbocycles. The summed E-state index contributed by atoms with van der Waals surface area (Å²) in [5.74, 6) is 1.62. The van der Waals surface area contributed by atoms with E-state index in [1.54, 1.807) is 7.11 Å². The third-order valence-corrected chi connectivity index (χ3v) is 3.01. The van der Waals surface area contributed by atoms with Gasteiger partial charge in [0.2, 0.25) is 0 Å². The molecule has 1 unspecified atom stereocenters. The normalized spacial score (nSPS) is 12.2. The molecular formula is C15H25NO2. The molecule has 102 valence electrons. The van der Waals surface area contributed by atoms with Gasteiger partial charge in [0.05, 0.1) is 13.7 Å². The summed E-state index contributed by atoms with van der Waals surface area (Å²) in [6, 6.07) is 6.27. The first-order chi connectivity index (χ1) is 8.71. The summed E-state index contributed by atoms with van der Waals surface area (Å²) in [5.41, 5.74) is 7.18. The van der Waals surface area contributed by atoms with Crippen molar-refractivity contribution in [2.24, 2.45) is 5.73 Å². The van der Waals surface area contributed by atoms with Crippen LogP contribution < -0.4 is 15.2 Å². The van der Waals surface area contributed by atoms with Crippen LogP contribution in [-0.4, -0.2) is 19.8 Å². The van der Waals surface area contributed by atoms with Gasteiger partial charge in [-0.1, -0.05) is 26.3 Å². The van der Waals surface area contributed by atoms with E-state index in [0.29, 0.717) is 0 Å². The van der Waals surface area contributed by atoms with Crippen molar-refractivity contribution in [3.63, 3.8) is 0 Å². The third kappa shape index (κ3) is 4.57. The molecule has 0 aliphatic rings. The number of hydrogen-bond acceptors (Lipinski definition) is 3. The average Bonchev–Trinajstić information content (AvgIpc) is 2.39. The van der Waals surface area contributed by atoms with E-state index in [0.717, 1.165) is 43.8 Å². The number of methoxy groups -OCH3 is 1. The number of nitrogens with two attached hydrogens (primary N) is 1. The Labute approximate surface area is 110 Å². The van der Waals surface area contributed by atoms with Crippen LogP contribution in [-0.2, 0) is 6.42 Å². The number of unbranched alkanes of at least 4 members (excludes halogenated alkanes) is 1. The zero-order valence-electron chi connectivity index (χ0n) is 11.7. The first-order valence-corrected chi connectivity index (χ1v) is 6.76. The maximum atomic E-state index is 5.98. The van der Waals surface area contributed by atoms with Gasteiger partial charge in [-0.15, -0.1) is 0 Å². The van der Waals surface area contributed by atoms with Crippen molar-refractivity contribution < 1.29 is 9.47 Å². The Bertz CT molecular complexity index is 352. The topological polar surface area (TPSA) is 44.5 Å². The van der Waals surface area contributed by atoms with E-state index < -0.39 is 0 Å². The van der Waals surface area contributed by atoms with Crippen molar-refractivity contribution in [2.75, 3.05) is 13.7 Å². The molecule has 3 heteroatoms. The highest BCUT2D eigenvalue weighted by molar-refractivity contribution is 5.43. The monoisotopic (exact) mass is 251 g/mol. The second-order valence-electron chi connectivity index (χ2n) is 4.56. The Balaban J connectivity index is 2.74. The zero-order chi connectivity index (χ0) is 13.4. The quantitative estimate of drug-likeness (QED) is 0.722. The van der Waals surface area contributed by atoms with Gasteiger partial charge in [0.25, 0.3) is 0 Å². The van der Waals surface area contributed by atoms with Crippen LogP contribution in [0.2, 0.25) is 0 Å². The van der Waals surface area contributed by atoms with Crippen LogP contribution in [0.4, 0.5) is 0 Å². The predicted molar refractivity (Wildman–Crippen MR) is 75.4 cm³/mol. The standard InChI is InChI=1S/C15H25NO2/c1-4-6-9-18-15-11-12(10-13(16)5-2)7-8-14(15)17-3/h7-8,11,13H,4-6,9-10,16H2,1-3H3. The maximum Gasteiger partial charge on any atom is 0.161 e. The van der Waals surface area contributed by atoms with Gasteiger partial charge in [0.1, 0.15) is 0 Å². The first-order valence-electron chi connectivity index (χ1n) is 6.76. The fourth-order valence-electron chi connectivity index (χ4n) is 1.73. The predicted octanol–water partition coefficient (Wildman–Crippen LogP) is 3.15. The molecule has 0 saturated heterocycles. The average molecular weight is 251 g/mol. The molecule has 0 aromatic heterocycles. The lowest BCUT2D eigenvalue weighted by molar-refractivity contribution is 0.288. The molecule has 1 aromatic carbocycles. The number of hydrogen-bond donors (Lipinski definition) is 1. The Kier molecular flexibility index (Phi) is 6.58. The fraction of sp³-hybridized carbons (Fsp3) is 0.600. The highest BCUT2D eigenvalue weighted by Crippen LogP contribution is 2.28. The molecule has 0 fully saturated rings. The molecule has 0 radical (unpaired) electrons. The molecule has 0 bridgehead atoms. The lowest BCUT2D eigenvalue weighted by atomic mass is 10.0. The van der Waals surface area contributed by atoms with Gasteiger partial charge in [0.15, 0.2) is 11.5 Å². The van der Waals surface area contributed by atoms with Crippen LogP contribution in [0, 0.1) is 0 Å². The molecule has 0 aliphatic heterocycles. The van der Waals surface area contributed by atoms with Crippen LogP contribution >= 0.6 is 0 Å². The molecule has 2 N–H and O–H groups in total. The van der Waals surface area contributed by atoms with E-state index in [1.807, 2.05) is 12.1 Å². The van der Waals surface area contributed by atoms with Crippen molar-refractivity contribution in [3.8, 4) is 11.5 Å². The minimum Gasteiger partial charge on any atom is -0.493 e. The largest absolute Gasteiger partial charge is 0.493 e. The van der Waals surface area contributed by atoms with E-state index >= 15 is 0 Å². The highest BCUT2D eigenvalue weighted by Gasteiger charge is 2.08. The van der Waals surface area contributed by atoms with Crippen molar-refractivity contribution >= 4 is 0 Å². The highest BCUT2D eigenvalue weighted by atomic mass is 16.5. The zero-order valence-corrected chi connectivity index (χ0v) is 11.7. The lowest BCUT2D eigenvalue weighted by Crippen LogP contribution is -2.21. The lowest BCUT2D eigenvalue weighted by Gasteiger charge is -2.14. The van der Waals surface area contributed by atoms with Gasteiger partial charge < -0.3 is 15.2 Å². The summed E-state index contributed by atoms with van der Waals surface area (Å²) < 4.78 is 11.1. The molecule has 0 saturated carbocycles. The smallest absolute Gasteiger partial charge is 0.161 e. The summed E-state index contributed by atoms with van der Waals surface area (Å²) in [4.78, 5) is 0. The molecule has 1 aromatic rings. The van der Waals surface area contributed by atoms with Gasteiger partial charge in [-0.05, 0) is 37.0 Å². The van der Waals surface area contributed by atoms with Crippen LogP contribution in [0.15, 0.2) is 18.2 Å². The van der Waals surface area contributed by atoms with E-state index in [-0.39, 0.29) is 6.04 Å². The van der Waals surface area contributed by atoms with Crippen LogP contribution in [0.5, 0.6) is 11.5 Å². The van der Waals surface area contributed by atoms with Crippen molar-refractivity contribution in [1.29, 1.82) is 0 Å². The summed E-state index contributed by atoms with van der Waals surface area (Å²) in [5, 5.41) is 0. The second-order valence-corrected chi connectivity index (χ2v) is 4.56. The third-order valence-electron chi connectivity index (χ3n) is 3.01. The van der Waals surface area contributed by atoms with E-state index in [9.17, 15) is 0 Å². The Hall–Kier alpha value is -1.22. The molecule has 0 amide bonds. The Morgan fingerprint density at radius 3 is 2.61 bits per heavy atom. The number of benzene rings is 1. The van der Waals surface area contributed by atoms with Crippen molar-refractivity contribution in [1.82, 2.24) is 0 Å². The molecule has 1 atom stereocenters. The second kappa shape index (κ2) is 7.98. The first kappa shape index (κ1) is 14.8. The summed E-state index contributed by atoms with van der Waals surface area (Å²) in [6.07, 6.45) is 4.05. The molecule has 0 heterocycles. The van der Waals surface area contributed by atoms with Crippen molar-refractivity contribution in [2.45, 2.75) is 45.6 Å². The summed E-state index contributed by atoms with van der Waals surface area (Å²) in [6.45, 7) is 4.99. The minimum absolute atomic E-state index is 0.210. The number of ether oxygens (including phenoxy) is 2. The van der Waals surface area contributed by atoms with Crippen LogP contribution in [0.25, 0.3) is 0 Å². The maximum absolute atomic E-state index is 5.98. The summed E-state index contributed by atoms with van der Waals surface area (Å²) >= 11 is 0. The molecule has 1 rings (SSSR count). The summed E-state index contributed by atoms with van der Waals surface area (Å²) in [7, 11) is 1.67. The molecular weight excluding hydrogens is 226 g/mol. The van der Waals surface area contributed by atoms with Gasteiger partial charge in [0, 0.05) is 6.04 Å². The van der Waals surface area contributed by atoms with Crippen molar-refractivity contribution in [3.05, 3.63) is 23.8 Å². The van der Waals surface area contributed by atoms with E-state index in [4.69, 9.17) is 15.2 Å². The molecule has 0 spiro atoms. The van der Waals surface area contributed by atoms with E-state index in [1.165, 1.54) is 5.56 Å². The minimum atomic E-state index is 0.210. The number of rotatable bonds is 8.